The van der Waals surface area contributed by atoms with Gasteiger partial charge in [0, 0.05) is 12.5 Å². The number of carbonyl (C=O) groups excluding carboxylic acids is 6. The molecular formula is C114H190O13. The van der Waals surface area contributed by atoms with Gasteiger partial charge in [0.1, 0.15) is 22.9 Å². The lowest BCUT2D eigenvalue weighted by Gasteiger charge is -2.45. The molecule has 0 saturated heterocycles. The lowest BCUT2D eigenvalue weighted by molar-refractivity contribution is -0.154. The maximum absolute atomic E-state index is 12.7. The fourth-order valence-corrected chi connectivity index (χ4v) is 28.7. The van der Waals surface area contributed by atoms with Crippen LogP contribution >= 0.6 is 0 Å². The van der Waals surface area contributed by atoms with E-state index in [1.165, 1.54) is 166 Å². The molecule has 13 nitrogen and oxygen atoms in total. The number of carbonyl (C=O) groups is 6. The number of aldehydes is 1. The maximum atomic E-state index is 12.7. The van der Waals surface area contributed by atoms with E-state index in [0.29, 0.717) is 138 Å². The SMILES string of the molecule is C.C=C1CC[C@H](O)C/C1=C/C=C1\CCC[C@]2(C)[C@@H]([C@H](C)/C=C/[C@H](C)C(C)C)CC[C@@H]12.CCCCOC(=O)C1(C(=O)/C=C/[C@@H](C)[C@H]2CC[C@H]3[C@@H](C)CCC[C@]23C)CC1.CCCCOC(=O)C1(C(C)=O)CC1.CCCCOC(=O)C1([C@H](O)/C=C/[C@@H](C)[C@H]2CC[C@H]3[C@@H](C)CCC[C@]23C)CC1.C[C@H](C=O)[C@H]1CC[C@H]2[C@@H](C)CCC[C@]12C.C[C@H](CO)[C@H]1CC[C@H]2[C@@H](O)CCC[C@]12C. The second-order valence-electron chi connectivity index (χ2n) is 46.4. The first-order chi connectivity index (χ1) is 59.7. The number of fused-ring (bicyclic) bond motifs is 5. The number of ether oxygens (including phenoxy) is 3. The van der Waals surface area contributed by atoms with Gasteiger partial charge in [0.15, 0.2) is 5.78 Å². The van der Waals surface area contributed by atoms with Gasteiger partial charge in [-0.3, -0.25) is 24.0 Å². The molecule has 0 amide bonds. The van der Waals surface area contributed by atoms with Crippen molar-refractivity contribution in [1.82, 2.24) is 0 Å². The molecule has 127 heavy (non-hydrogen) atoms. The van der Waals surface area contributed by atoms with Crippen LogP contribution in [-0.4, -0.2) is 101 Å². The van der Waals surface area contributed by atoms with Gasteiger partial charge in [0.25, 0.3) is 0 Å². The van der Waals surface area contributed by atoms with Crippen LogP contribution in [0.1, 0.15) is 403 Å². The second kappa shape index (κ2) is 47.7. The van der Waals surface area contributed by atoms with E-state index in [0.717, 1.165) is 143 Å². The first-order valence-electron chi connectivity index (χ1n) is 52.5. The predicted molar refractivity (Wildman–Crippen MR) is 521 cm³/mol. The molecule has 0 aliphatic heterocycles. The third-order valence-corrected chi connectivity index (χ3v) is 38.0. The van der Waals surface area contributed by atoms with Crippen LogP contribution in [0.15, 0.2) is 71.9 Å². The van der Waals surface area contributed by atoms with E-state index in [9.17, 15) is 49.2 Å². The van der Waals surface area contributed by atoms with Gasteiger partial charge in [-0.25, -0.2) is 0 Å². The average Bonchev–Trinajstić information content (AvgIpc) is 1.62. The van der Waals surface area contributed by atoms with Crippen LogP contribution < -0.4 is 0 Å². The zero-order valence-corrected chi connectivity index (χ0v) is 83.8. The number of ketones is 2. The average molecular weight is 1770 g/mol. The number of aliphatic hydroxyl groups excluding tert-OH is 4. The van der Waals surface area contributed by atoms with E-state index in [1.807, 2.05) is 13.0 Å². The van der Waals surface area contributed by atoms with Crippen LogP contribution in [0.5, 0.6) is 0 Å². The van der Waals surface area contributed by atoms with Crippen LogP contribution in [0.3, 0.4) is 0 Å². The smallest absolute Gasteiger partial charge is 0.319 e. The van der Waals surface area contributed by atoms with Crippen molar-refractivity contribution in [3.63, 3.8) is 0 Å². The molecule has 0 spiro atoms. The molecule has 14 rings (SSSR count). The Labute approximate surface area is 775 Å². The fourth-order valence-electron chi connectivity index (χ4n) is 28.7. The summed E-state index contributed by atoms with van der Waals surface area (Å²) in [4.78, 5) is 71.0. The fraction of sp³-hybridized carbons (Fsp3) is 0.842. The highest BCUT2D eigenvalue weighted by Gasteiger charge is 2.61. The Morgan fingerprint density at radius 1 is 0.465 bits per heavy atom. The summed E-state index contributed by atoms with van der Waals surface area (Å²) >= 11 is 0. The lowest BCUT2D eigenvalue weighted by Crippen LogP contribution is -2.41. The maximum Gasteiger partial charge on any atom is 0.319 e. The molecule has 27 atom stereocenters. The third kappa shape index (κ3) is 25.3. The molecular weight excluding hydrogens is 1580 g/mol. The van der Waals surface area contributed by atoms with Crippen LogP contribution in [0.2, 0.25) is 0 Å². The summed E-state index contributed by atoms with van der Waals surface area (Å²) in [6, 6.07) is 0. The van der Waals surface area contributed by atoms with Gasteiger partial charge >= 0.3 is 17.9 Å². The van der Waals surface area contributed by atoms with Gasteiger partial charge in [-0.1, -0.05) is 263 Å². The topological polar surface area (TPSA) is 211 Å². The largest absolute Gasteiger partial charge is 0.465 e. The quantitative estimate of drug-likeness (QED) is 0.0100. The first-order valence-corrected chi connectivity index (χ1v) is 52.5. The molecule has 0 heterocycles. The minimum Gasteiger partial charge on any atom is -0.465 e. The zero-order valence-electron chi connectivity index (χ0n) is 83.8. The molecule has 14 aliphatic carbocycles. The Balaban J connectivity index is 0.000000193. The highest BCUT2D eigenvalue weighted by atomic mass is 16.5. The number of unbranched alkanes of at least 4 members (excludes halogenated alkanes) is 3. The second-order valence-corrected chi connectivity index (χ2v) is 46.4. The van der Waals surface area contributed by atoms with Gasteiger partial charge in [-0.15, -0.1) is 0 Å². The summed E-state index contributed by atoms with van der Waals surface area (Å²) in [5.74, 6) is 12.4. The number of aliphatic hydroxyl groups is 4. The Hall–Kier alpha value is -4.30. The highest BCUT2D eigenvalue weighted by molar-refractivity contribution is 6.11. The Morgan fingerprint density at radius 2 is 0.882 bits per heavy atom. The number of rotatable bonds is 30. The lowest BCUT2D eigenvalue weighted by atomic mass is 9.60. The van der Waals surface area contributed by atoms with Crippen LogP contribution in [0.4, 0.5) is 0 Å². The van der Waals surface area contributed by atoms with E-state index in [2.05, 4.69) is 168 Å². The number of esters is 3. The Bertz CT molecular complexity index is 3670. The van der Waals surface area contributed by atoms with Crippen LogP contribution in [0, 0.1) is 162 Å². The molecule has 14 saturated carbocycles. The van der Waals surface area contributed by atoms with Crippen molar-refractivity contribution in [2.75, 3.05) is 26.4 Å². The number of Topliss-reactive ketones (excluding diaryl/α,β-unsaturated/α-hetero) is 1. The van der Waals surface area contributed by atoms with Gasteiger partial charge in [-0.2, -0.15) is 0 Å². The van der Waals surface area contributed by atoms with Crippen molar-refractivity contribution in [3.05, 3.63) is 71.9 Å². The van der Waals surface area contributed by atoms with Crippen molar-refractivity contribution in [1.29, 1.82) is 0 Å². The monoisotopic (exact) mass is 1770 g/mol. The summed E-state index contributed by atoms with van der Waals surface area (Å²) in [5, 5.41) is 40.1. The van der Waals surface area contributed by atoms with Crippen molar-refractivity contribution in [3.8, 4) is 0 Å². The molecule has 0 aromatic carbocycles. The Morgan fingerprint density at radius 3 is 1.34 bits per heavy atom. The molecule has 0 aromatic heterocycles. The normalized spacial score (nSPS) is 37.2. The van der Waals surface area contributed by atoms with Gasteiger partial charge < -0.3 is 39.4 Å². The summed E-state index contributed by atoms with van der Waals surface area (Å²) < 4.78 is 15.8. The van der Waals surface area contributed by atoms with Gasteiger partial charge in [0.2, 0.25) is 0 Å². The van der Waals surface area contributed by atoms with E-state index in [1.54, 1.807) is 11.6 Å². The van der Waals surface area contributed by atoms with Crippen molar-refractivity contribution in [2.45, 2.75) is 421 Å². The predicted octanol–water partition coefficient (Wildman–Crippen LogP) is 27.1. The number of allylic oxidation sites excluding steroid dienone is 9. The summed E-state index contributed by atoms with van der Waals surface area (Å²) in [6.07, 6.45) is 62.8. The molecule has 0 radical (unpaired) electrons. The van der Waals surface area contributed by atoms with E-state index < -0.39 is 22.3 Å². The molecule has 13 heteroatoms. The number of hydrogen-bond acceptors (Lipinski definition) is 13. The molecule has 724 valence electrons. The summed E-state index contributed by atoms with van der Waals surface area (Å²) in [5.41, 5.74) is 3.97. The first kappa shape index (κ1) is 108. The third-order valence-electron chi connectivity index (χ3n) is 38.0. The number of hydrogen-bond donors (Lipinski definition) is 4. The summed E-state index contributed by atoms with van der Waals surface area (Å²) in [7, 11) is 0. The van der Waals surface area contributed by atoms with Gasteiger partial charge in [0.05, 0.1) is 43.5 Å². The van der Waals surface area contributed by atoms with Crippen LogP contribution in [0.25, 0.3) is 0 Å². The minimum absolute atomic E-state index is 0. The zero-order chi connectivity index (χ0) is 92.5. The Kier molecular flexibility index (Phi) is 40.6. The standard InChI is InChI=1S/C28H44O.C24H40O3.C24H38O3.C14H24O.C13H24O2.C10H16O3.CH4/c1-19(2)20(3)9-10-22(5)26-15-16-27-23(8-7-17-28(26,27)6)12-13-24-18-25(29)14-11-21(24)4;2*1-5-6-16-27-22(26)24(14-15-24)21(25)12-9-18(3)20-11-10-19-17(2)8-7-13-23(19,20)4;1-10-5-4-8-14(3)12(10)6-7-13(14)11(2)9-15;1-9(8-14)10-5-6-11-12(15)4-3-7-13(10,11)2;1-3-4-7-13-9(12)10(5-6-10)8(2)11;/h9-10,12-13,19-20,22,25-27,29H,4,7-8,11,14-18H2,1-3,5-6H3;9,12,17-21,25H,5-8,10-11,13-16H2,1-4H3;9,12,17-20H,5-8,10-11,13-16H2,1-4H3;9-13H,4-8H2,1-3H3;9-12,14-15H,3-8H2,1-2H3;3-7H2,1-2H3;1H4/b10-9+,23-12+,24-13-;2*12-9+;;;;/t20-,22+,25-,26+,27-,28+;17-,18+,19-,20+,21+,23-;17-,18+,19-,20+,23-;10-,11+,12-,13+,14-;9-,10-,11+,12+,13-;;/m00001../s1. The van der Waals surface area contributed by atoms with Crippen molar-refractivity contribution >= 4 is 35.8 Å². The molecule has 0 bridgehead atoms. The van der Waals surface area contributed by atoms with E-state index in [4.69, 9.17) is 14.2 Å². The summed E-state index contributed by atoms with van der Waals surface area (Å²) in [6.45, 7) is 51.5. The van der Waals surface area contributed by atoms with Crippen molar-refractivity contribution < 1.29 is 63.4 Å². The van der Waals surface area contributed by atoms with Gasteiger partial charge in [-0.05, 0) is 351 Å². The van der Waals surface area contributed by atoms with E-state index in [-0.39, 0.29) is 55.0 Å². The molecule has 0 aromatic rings. The van der Waals surface area contributed by atoms with Crippen LogP contribution in [-0.2, 0) is 43.0 Å². The molecule has 14 fully saturated rings. The molecule has 4 N–H and O–H groups in total. The van der Waals surface area contributed by atoms with Crippen molar-refractivity contribution in [2.24, 2.45) is 162 Å². The molecule has 0 unspecified atom stereocenters. The molecule has 14 aliphatic rings. The minimum atomic E-state index is -0.856. The highest BCUT2D eigenvalue weighted by Crippen LogP contribution is 2.65. The van der Waals surface area contributed by atoms with E-state index >= 15 is 0 Å².